The third-order valence-electron chi connectivity index (χ3n) is 3.54. The van der Waals surface area contributed by atoms with E-state index >= 15 is 0 Å². The number of nitrogens with one attached hydrogen (secondary N) is 1. The summed E-state index contributed by atoms with van der Waals surface area (Å²) in [5.41, 5.74) is 2.91. The zero-order chi connectivity index (χ0) is 13.8. The molecule has 4 nitrogen and oxygen atoms in total. The normalized spacial score (nSPS) is 17.1. The average Bonchev–Trinajstić information content (AvgIpc) is 2.43. The number of anilines is 1. The summed E-state index contributed by atoms with van der Waals surface area (Å²) < 4.78 is 11.3. The smallest absolute Gasteiger partial charge is 0.144 e. The van der Waals surface area contributed by atoms with Crippen LogP contribution in [0, 0.1) is 11.3 Å². The number of pyridine rings is 1. The first-order valence-corrected chi connectivity index (χ1v) is 8.23. The zero-order valence-electron chi connectivity index (χ0n) is 11.4. The highest BCUT2D eigenvalue weighted by molar-refractivity contribution is 7.84. The lowest BCUT2D eigenvalue weighted by atomic mass is 9.95. The van der Waals surface area contributed by atoms with Gasteiger partial charge in [0.15, 0.2) is 0 Å². The Labute approximate surface area is 116 Å². The largest absolute Gasteiger partial charge is 0.368 e. The summed E-state index contributed by atoms with van der Waals surface area (Å²) in [6, 6.07) is 4.15. The molecule has 1 N–H and O–H groups in total. The minimum atomic E-state index is -0.868. The van der Waals surface area contributed by atoms with Crippen molar-refractivity contribution in [1.82, 2.24) is 4.98 Å². The van der Waals surface area contributed by atoms with Crippen molar-refractivity contribution in [1.29, 1.82) is 5.26 Å². The van der Waals surface area contributed by atoms with Gasteiger partial charge in [-0.15, -0.1) is 0 Å². The fourth-order valence-corrected chi connectivity index (χ4v) is 2.53. The van der Waals surface area contributed by atoms with Crippen molar-refractivity contribution in [2.75, 3.05) is 18.1 Å². The van der Waals surface area contributed by atoms with Gasteiger partial charge in [-0.3, -0.25) is 4.21 Å². The predicted octanol–water partition coefficient (Wildman–Crippen LogP) is 2.01. The molecule has 0 aliphatic heterocycles. The zero-order valence-corrected chi connectivity index (χ0v) is 12.2. The second-order valence-electron chi connectivity index (χ2n) is 5.00. The molecule has 1 aliphatic carbocycles. The molecule has 0 aromatic carbocycles. The monoisotopic (exact) mass is 277 g/mol. The topological polar surface area (TPSA) is 65.8 Å². The van der Waals surface area contributed by atoms with Gasteiger partial charge in [0, 0.05) is 34.5 Å². The summed E-state index contributed by atoms with van der Waals surface area (Å²) in [6.45, 7) is 2.50. The lowest BCUT2D eigenvalue weighted by Crippen LogP contribution is -2.22. The van der Waals surface area contributed by atoms with E-state index in [4.69, 9.17) is 0 Å². The summed E-state index contributed by atoms with van der Waals surface area (Å²) in [7, 11) is -0.868. The van der Waals surface area contributed by atoms with Gasteiger partial charge >= 0.3 is 0 Å². The maximum atomic E-state index is 11.3. The number of fused-ring (bicyclic) bond motifs is 1. The maximum absolute atomic E-state index is 11.3. The lowest BCUT2D eigenvalue weighted by molar-refractivity contribution is 0.667. The quantitative estimate of drug-likeness (QED) is 0.914. The molecular formula is C14H19N3OS. The standard InChI is InChI=1S/C14H19N3OS/c1-10(19(2)18)9-16-14-12(8-15)7-11-5-3-4-6-13(11)17-14/h7,10H,3-6,9H2,1-2H3,(H,16,17). The number of hydrogen-bond acceptors (Lipinski definition) is 4. The van der Waals surface area contributed by atoms with E-state index in [1.165, 1.54) is 18.4 Å². The Kier molecular flexibility index (Phi) is 4.54. The van der Waals surface area contributed by atoms with E-state index in [2.05, 4.69) is 16.4 Å². The molecule has 2 unspecified atom stereocenters. The molecule has 0 saturated heterocycles. The second kappa shape index (κ2) is 6.16. The Morgan fingerprint density at radius 2 is 2.26 bits per heavy atom. The van der Waals surface area contributed by atoms with Gasteiger partial charge in [0.25, 0.3) is 0 Å². The first-order chi connectivity index (χ1) is 9.11. The van der Waals surface area contributed by atoms with E-state index in [0.717, 1.165) is 18.5 Å². The summed E-state index contributed by atoms with van der Waals surface area (Å²) >= 11 is 0. The molecule has 0 radical (unpaired) electrons. The maximum Gasteiger partial charge on any atom is 0.144 e. The highest BCUT2D eigenvalue weighted by Gasteiger charge is 2.15. The molecular weight excluding hydrogens is 258 g/mol. The Morgan fingerprint density at radius 1 is 1.53 bits per heavy atom. The summed E-state index contributed by atoms with van der Waals surface area (Å²) in [6.07, 6.45) is 6.05. The van der Waals surface area contributed by atoms with E-state index in [9.17, 15) is 9.47 Å². The molecule has 2 atom stereocenters. The van der Waals surface area contributed by atoms with Crippen LogP contribution < -0.4 is 5.32 Å². The Balaban J connectivity index is 2.20. The fourth-order valence-electron chi connectivity index (χ4n) is 2.21. The van der Waals surface area contributed by atoms with Crippen molar-refractivity contribution in [3.05, 3.63) is 22.9 Å². The Morgan fingerprint density at radius 3 is 2.95 bits per heavy atom. The van der Waals surface area contributed by atoms with Crippen molar-refractivity contribution in [2.45, 2.75) is 37.9 Å². The Bertz CT molecular complexity index is 536. The molecule has 0 amide bonds. The van der Waals surface area contributed by atoms with E-state index in [-0.39, 0.29) is 5.25 Å². The van der Waals surface area contributed by atoms with Crippen LogP contribution >= 0.6 is 0 Å². The van der Waals surface area contributed by atoms with Crippen LogP contribution in [0.4, 0.5) is 5.82 Å². The van der Waals surface area contributed by atoms with Crippen LogP contribution in [0.5, 0.6) is 0 Å². The van der Waals surface area contributed by atoms with E-state index < -0.39 is 10.8 Å². The van der Waals surface area contributed by atoms with Crippen LogP contribution in [0.1, 0.15) is 36.6 Å². The third kappa shape index (κ3) is 3.32. The van der Waals surface area contributed by atoms with Crippen molar-refractivity contribution >= 4 is 16.6 Å². The second-order valence-corrected chi connectivity index (χ2v) is 6.80. The number of rotatable bonds is 4. The summed E-state index contributed by atoms with van der Waals surface area (Å²) in [5.74, 6) is 0.639. The molecule has 1 aliphatic rings. The highest BCUT2D eigenvalue weighted by atomic mass is 32.2. The molecule has 19 heavy (non-hydrogen) atoms. The first-order valence-electron chi connectivity index (χ1n) is 6.61. The average molecular weight is 277 g/mol. The van der Waals surface area contributed by atoms with Gasteiger partial charge in [-0.1, -0.05) is 0 Å². The number of hydrogen-bond donors (Lipinski definition) is 1. The number of aromatic nitrogens is 1. The minimum absolute atomic E-state index is 0.0457. The molecule has 0 fully saturated rings. The molecule has 1 heterocycles. The van der Waals surface area contributed by atoms with Crippen LogP contribution in [0.25, 0.3) is 0 Å². The van der Waals surface area contributed by atoms with Gasteiger partial charge in [-0.2, -0.15) is 5.26 Å². The highest BCUT2D eigenvalue weighted by Crippen LogP contribution is 2.24. The van der Waals surface area contributed by atoms with Gasteiger partial charge in [-0.25, -0.2) is 4.98 Å². The van der Waals surface area contributed by atoms with Gasteiger partial charge in [-0.05, 0) is 44.2 Å². The number of nitrogens with zero attached hydrogens (tertiary/aromatic N) is 2. The van der Waals surface area contributed by atoms with Crippen molar-refractivity contribution < 1.29 is 4.21 Å². The van der Waals surface area contributed by atoms with Crippen molar-refractivity contribution in [3.63, 3.8) is 0 Å². The molecule has 0 spiro atoms. The third-order valence-corrected chi connectivity index (χ3v) is 4.84. The van der Waals surface area contributed by atoms with Crippen molar-refractivity contribution in [2.24, 2.45) is 0 Å². The van der Waals surface area contributed by atoms with Gasteiger partial charge < -0.3 is 5.32 Å². The van der Waals surface area contributed by atoms with Gasteiger partial charge in [0.1, 0.15) is 11.9 Å². The van der Waals surface area contributed by atoms with Crippen LogP contribution in [0.2, 0.25) is 0 Å². The number of aryl methyl sites for hydroxylation is 2. The van der Waals surface area contributed by atoms with E-state index in [1.807, 2.05) is 13.0 Å². The van der Waals surface area contributed by atoms with Crippen LogP contribution in [0.15, 0.2) is 6.07 Å². The predicted molar refractivity (Wildman–Crippen MR) is 77.6 cm³/mol. The molecule has 2 rings (SSSR count). The fraction of sp³-hybridized carbons (Fsp3) is 0.571. The van der Waals surface area contributed by atoms with Crippen LogP contribution in [-0.2, 0) is 23.6 Å². The number of nitriles is 1. The Hall–Kier alpha value is -1.41. The summed E-state index contributed by atoms with van der Waals surface area (Å²) in [4.78, 5) is 4.58. The van der Waals surface area contributed by atoms with E-state index in [1.54, 1.807) is 6.26 Å². The first kappa shape index (κ1) is 14.0. The van der Waals surface area contributed by atoms with Crippen LogP contribution in [0.3, 0.4) is 0 Å². The van der Waals surface area contributed by atoms with E-state index in [0.29, 0.717) is 17.9 Å². The molecule has 1 aromatic rings. The molecule has 102 valence electrons. The molecule has 5 heteroatoms. The van der Waals surface area contributed by atoms with Gasteiger partial charge in [0.05, 0.1) is 5.56 Å². The lowest BCUT2D eigenvalue weighted by Gasteiger charge is -2.18. The van der Waals surface area contributed by atoms with Crippen LogP contribution in [-0.4, -0.2) is 27.2 Å². The van der Waals surface area contributed by atoms with Crippen molar-refractivity contribution in [3.8, 4) is 6.07 Å². The molecule has 1 aromatic heterocycles. The summed E-state index contributed by atoms with van der Waals surface area (Å²) in [5, 5.41) is 12.4. The SMILES string of the molecule is CC(CNc1nc2c(cc1C#N)CCCC2)S(C)=O. The van der Waals surface area contributed by atoms with Gasteiger partial charge in [0.2, 0.25) is 0 Å². The minimum Gasteiger partial charge on any atom is -0.368 e. The molecule has 0 bridgehead atoms. The molecule has 0 saturated carbocycles.